The van der Waals surface area contributed by atoms with E-state index in [9.17, 15) is 18.0 Å². The Morgan fingerprint density at radius 2 is 2.06 bits per heavy atom. The summed E-state index contributed by atoms with van der Waals surface area (Å²) >= 11 is 0. The molecule has 1 aliphatic heterocycles. The van der Waals surface area contributed by atoms with Crippen LogP contribution < -0.4 is 21.6 Å². The highest BCUT2D eigenvalue weighted by molar-refractivity contribution is 7.89. The molecule has 2 aliphatic rings. The van der Waals surface area contributed by atoms with Gasteiger partial charge in [-0.1, -0.05) is 0 Å². The number of carbonyl (C=O) groups is 2. The third-order valence-corrected chi connectivity index (χ3v) is 7.89. The lowest BCUT2D eigenvalue weighted by Crippen LogP contribution is -2.48. The van der Waals surface area contributed by atoms with Crippen LogP contribution in [0, 0.1) is 23.2 Å². The first kappa shape index (κ1) is 24.8. The van der Waals surface area contributed by atoms with Gasteiger partial charge in [-0.05, 0) is 50.6 Å². The van der Waals surface area contributed by atoms with Crippen LogP contribution in [-0.4, -0.2) is 69.0 Å². The van der Waals surface area contributed by atoms with Crippen LogP contribution in [0.15, 0.2) is 34.3 Å². The van der Waals surface area contributed by atoms with Crippen molar-refractivity contribution >= 4 is 27.9 Å². The van der Waals surface area contributed by atoms with Crippen LogP contribution in [-0.2, 0) is 19.6 Å². The van der Waals surface area contributed by atoms with Crippen molar-refractivity contribution in [3.05, 3.63) is 29.8 Å². The summed E-state index contributed by atoms with van der Waals surface area (Å²) in [5.41, 5.74) is 7.31. The van der Waals surface area contributed by atoms with E-state index < -0.39 is 39.2 Å². The lowest BCUT2D eigenvalue weighted by atomic mass is 10.0. The number of nitrogens with zero attached hydrogens (tertiary/aromatic N) is 3. The second-order valence-electron chi connectivity index (χ2n) is 8.50. The summed E-state index contributed by atoms with van der Waals surface area (Å²) in [5.74, 6) is 2.23. The number of hydrogen-bond donors (Lipinski definition) is 3. The first-order chi connectivity index (χ1) is 15.6. The molecule has 0 aromatic heterocycles. The Hall–Kier alpha value is -2.85. The Morgan fingerprint density at radius 1 is 1.39 bits per heavy atom. The zero-order valence-electron chi connectivity index (χ0n) is 18.5. The minimum atomic E-state index is -4.06. The van der Waals surface area contributed by atoms with Gasteiger partial charge in [-0.3, -0.25) is 9.59 Å². The number of carbonyl (C=O) groups excluding carboxylic acids is 2. The van der Waals surface area contributed by atoms with Gasteiger partial charge in [0.25, 0.3) is 0 Å². The number of Topliss-reactive ketones (excluding diaryl/α,β-unsaturated/α-hetero) is 1. The van der Waals surface area contributed by atoms with E-state index in [2.05, 4.69) is 15.1 Å². The molecule has 3 rings (SSSR count). The molecule has 0 bridgehead atoms. The van der Waals surface area contributed by atoms with Gasteiger partial charge in [0, 0.05) is 25.8 Å². The van der Waals surface area contributed by atoms with Crippen LogP contribution in [0.2, 0.25) is 0 Å². The summed E-state index contributed by atoms with van der Waals surface area (Å²) in [6.07, 6.45) is 2.81. The van der Waals surface area contributed by atoms with Gasteiger partial charge in [0.05, 0.1) is 39.9 Å². The molecular weight excluding hydrogens is 446 g/mol. The molecule has 3 unspecified atom stereocenters. The molecule has 0 spiro atoms. The van der Waals surface area contributed by atoms with Gasteiger partial charge in [0.15, 0.2) is 5.78 Å². The van der Waals surface area contributed by atoms with Crippen molar-refractivity contribution in [3.63, 3.8) is 0 Å². The topological polar surface area (TPSA) is 182 Å². The smallest absolute Gasteiger partial charge is 0.241 e. The quantitative estimate of drug-likeness (QED) is 0.251. The van der Waals surface area contributed by atoms with Crippen molar-refractivity contribution in [2.75, 3.05) is 20.1 Å². The standard InChI is InChI=1S/C21H28N7O4S/c1-13(27-33(31,32)16-7-5-14(10-22)6-8-16)19(29)17-18(21(17,23)12-26-24)20(30)28(2)15-4-3-9-25-11-15/h5-8,12-13,15,17-18,23,25,27H,3-4,9,11,24H2,1-2H3/t13-,15?,17?,18+,21?/m0/s1. The van der Waals surface area contributed by atoms with E-state index in [0.29, 0.717) is 12.1 Å². The number of piperidine rings is 1. The number of hydrazone groups is 1. The number of nitriles is 1. The van der Waals surface area contributed by atoms with E-state index in [1.165, 1.54) is 31.2 Å². The van der Waals surface area contributed by atoms with E-state index in [-0.39, 0.29) is 16.8 Å². The van der Waals surface area contributed by atoms with Crippen LogP contribution in [0.5, 0.6) is 0 Å². The number of rotatable bonds is 8. The first-order valence-corrected chi connectivity index (χ1v) is 12.1. The molecule has 1 aromatic rings. The maximum Gasteiger partial charge on any atom is 0.241 e. The molecule has 1 radical (unpaired) electrons. The molecule has 177 valence electrons. The molecule has 33 heavy (non-hydrogen) atoms. The van der Waals surface area contributed by atoms with E-state index in [1.807, 2.05) is 6.07 Å². The van der Waals surface area contributed by atoms with E-state index in [1.54, 1.807) is 11.9 Å². The Kier molecular flexibility index (Phi) is 7.18. The van der Waals surface area contributed by atoms with E-state index >= 15 is 0 Å². The number of ketones is 1. The van der Waals surface area contributed by atoms with Gasteiger partial charge in [-0.25, -0.2) is 18.9 Å². The Bertz CT molecular complexity index is 1080. The molecule has 1 amide bonds. The van der Waals surface area contributed by atoms with Gasteiger partial charge in [-0.15, -0.1) is 0 Å². The molecule has 5 N–H and O–H groups in total. The third kappa shape index (κ3) is 4.91. The van der Waals surface area contributed by atoms with E-state index in [0.717, 1.165) is 25.6 Å². The lowest BCUT2D eigenvalue weighted by molar-refractivity contribution is -0.135. The van der Waals surface area contributed by atoms with Crippen LogP contribution in [0.4, 0.5) is 0 Å². The molecule has 1 aliphatic carbocycles. The van der Waals surface area contributed by atoms with Crippen molar-refractivity contribution in [1.82, 2.24) is 20.7 Å². The fraction of sp³-hybridized carbons (Fsp3) is 0.524. The third-order valence-electron chi connectivity index (χ3n) is 6.33. The highest BCUT2D eigenvalue weighted by Crippen LogP contribution is 2.51. The monoisotopic (exact) mass is 474 g/mol. The molecule has 5 atom stereocenters. The molecule has 1 aromatic carbocycles. The largest absolute Gasteiger partial charge is 0.341 e. The number of nitrogens with one attached hydrogen (secondary N) is 3. The summed E-state index contributed by atoms with van der Waals surface area (Å²) < 4.78 is 27.7. The molecule has 1 saturated carbocycles. The molecular formula is C21H28N7O4S. The average molecular weight is 475 g/mol. The Labute approximate surface area is 193 Å². The van der Waals surface area contributed by atoms with Crippen LogP contribution in [0.25, 0.3) is 0 Å². The average Bonchev–Trinajstić information content (AvgIpc) is 3.42. The minimum Gasteiger partial charge on any atom is -0.341 e. The second-order valence-corrected chi connectivity index (χ2v) is 10.2. The minimum absolute atomic E-state index is 0.0472. The predicted octanol–water partition coefficient (Wildman–Crippen LogP) is -0.783. The van der Waals surface area contributed by atoms with Crippen molar-refractivity contribution in [2.45, 2.75) is 42.3 Å². The zero-order chi connectivity index (χ0) is 24.4. The fourth-order valence-corrected chi connectivity index (χ4v) is 5.55. The van der Waals surface area contributed by atoms with Gasteiger partial charge >= 0.3 is 0 Å². The van der Waals surface area contributed by atoms with Crippen molar-refractivity contribution in [2.24, 2.45) is 22.8 Å². The maximum atomic E-state index is 13.2. The van der Waals surface area contributed by atoms with Crippen LogP contribution >= 0.6 is 0 Å². The SMILES string of the molecule is C[C@H](NS(=O)(=O)c1ccc(C#N)cc1)C(=O)C1[C@H](C(=O)N(C)C2CCCNC2)C1([NH])C=NN. The Balaban J connectivity index is 1.75. The van der Waals surface area contributed by atoms with Crippen molar-refractivity contribution in [3.8, 4) is 6.07 Å². The van der Waals surface area contributed by atoms with Gasteiger partial charge in [-0.2, -0.15) is 10.4 Å². The Morgan fingerprint density at radius 3 is 2.61 bits per heavy atom. The number of hydrogen-bond acceptors (Lipinski definition) is 8. The fourth-order valence-electron chi connectivity index (χ4n) is 4.34. The molecule has 2 fully saturated rings. The molecule has 11 nitrogen and oxygen atoms in total. The first-order valence-electron chi connectivity index (χ1n) is 10.6. The van der Waals surface area contributed by atoms with Gasteiger partial charge in [0.1, 0.15) is 0 Å². The molecule has 1 heterocycles. The molecule has 12 heteroatoms. The maximum absolute atomic E-state index is 13.2. The normalized spacial score (nSPS) is 28.1. The van der Waals surface area contributed by atoms with Crippen LogP contribution in [0.1, 0.15) is 25.3 Å². The highest BCUT2D eigenvalue weighted by Gasteiger charge is 2.70. The van der Waals surface area contributed by atoms with Crippen molar-refractivity contribution in [1.29, 1.82) is 5.26 Å². The number of amides is 1. The summed E-state index contributed by atoms with van der Waals surface area (Å²) in [6, 6.07) is 5.93. The zero-order valence-corrected chi connectivity index (χ0v) is 19.3. The van der Waals surface area contributed by atoms with Gasteiger partial charge in [0.2, 0.25) is 15.9 Å². The van der Waals surface area contributed by atoms with Gasteiger partial charge < -0.3 is 16.1 Å². The molecule has 1 saturated heterocycles. The lowest BCUT2D eigenvalue weighted by Gasteiger charge is -2.32. The number of nitrogens with two attached hydrogens (primary N) is 1. The number of sulfonamides is 1. The predicted molar refractivity (Wildman–Crippen MR) is 120 cm³/mol. The van der Waals surface area contributed by atoms with Crippen LogP contribution in [0.3, 0.4) is 0 Å². The number of likely N-dealkylation sites (N-methyl/N-ethyl adjacent to an activating group) is 1. The summed E-state index contributed by atoms with van der Waals surface area (Å²) in [6.45, 7) is 2.88. The number of benzene rings is 1. The second kappa shape index (κ2) is 9.56. The summed E-state index contributed by atoms with van der Waals surface area (Å²) in [4.78, 5) is 27.8. The van der Waals surface area contributed by atoms with E-state index in [4.69, 9.17) is 16.8 Å². The summed E-state index contributed by atoms with van der Waals surface area (Å²) in [7, 11) is -2.41. The summed E-state index contributed by atoms with van der Waals surface area (Å²) in [5, 5.41) is 15.5. The highest BCUT2D eigenvalue weighted by atomic mass is 32.2. The van der Waals surface area contributed by atoms with Crippen molar-refractivity contribution < 1.29 is 18.0 Å².